The molecule has 0 aliphatic carbocycles. The minimum absolute atomic E-state index is 0.142. The van der Waals surface area contributed by atoms with Gasteiger partial charge in [0, 0.05) is 44.0 Å². The third-order valence-corrected chi connectivity index (χ3v) is 4.82. The lowest BCUT2D eigenvalue weighted by Gasteiger charge is -2.25. The van der Waals surface area contributed by atoms with Crippen LogP contribution in [0.25, 0.3) is 0 Å². The Morgan fingerprint density at radius 3 is 2.55 bits per heavy atom. The van der Waals surface area contributed by atoms with E-state index in [1.807, 2.05) is 6.92 Å². The van der Waals surface area contributed by atoms with Crippen LogP contribution in [0, 0.1) is 0 Å². The largest absolute Gasteiger partial charge is 0.352 e. The molecule has 1 atom stereocenters. The molecule has 0 saturated carbocycles. The van der Waals surface area contributed by atoms with Crippen molar-refractivity contribution >= 4 is 24.4 Å². The highest BCUT2D eigenvalue weighted by atomic mass is 16.2. The summed E-state index contributed by atoms with van der Waals surface area (Å²) < 4.78 is 0. The highest BCUT2D eigenvalue weighted by Crippen LogP contribution is 2.17. The van der Waals surface area contributed by atoms with Gasteiger partial charge in [0.1, 0.15) is 6.29 Å². The summed E-state index contributed by atoms with van der Waals surface area (Å²) in [4.78, 5) is 52.8. The van der Waals surface area contributed by atoms with Crippen molar-refractivity contribution < 1.29 is 19.2 Å². The summed E-state index contributed by atoms with van der Waals surface area (Å²) in [5, 5.41) is 2.79. The number of nitrogens with zero attached hydrogens (tertiary/aromatic N) is 2. The van der Waals surface area contributed by atoms with Crippen LogP contribution < -0.4 is 5.32 Å². The normalized spacial score (nSPS) is 11.4. The molecule has 1 aromatic heterocycles. The zero-order chi connectivity index (χ0) is 21.2. The molecule has 7 nitrogen and oxygen atoms in total. The van der Waals surface area contributed by atoms with E-state index in [0.29, 0.717) is 24.7 Å². The van der Waals surface area contributed by atoms with Crippen molar-refractivity contribution in [2.75, 3.05) is 7.05 Å². The fourth-order valence-electron chi connectivity index (χ4n) is 2.93. The Morgan fingerprint density at radius 1 is 1.17 bits per heavy atom. The maximum absolute atomic E-state index is 12.8. The number of hydrogen-bond acceptors (Lipinski definition) is 5. The highest BCUT2D eigenvalue weighted by Gasteiger charge is 2.21. The topological polar surface area (TPSA) is 96.4 Å². The quantitative estimate of drug-likeness (QED) is 0.622. The van der Waals surface area contributed by atoms with Gasteiger partial charge >= 0.3 is 0 Å². The van der Waals surface area contributed by atoms with E-state index < -0.39 is 0 Å². The maximum Gasteiger partial charge on any atom is 0.254 e. The molecule has 0 spiro atoms. The van der Waals surface area contributed by atoms with E-state index in [4.69, 9.17) is 0 Å². The van der Waals surface area contributed by atoms with Crippen LogP contribution in [0.15, 0.2) is 42.7 Å². The van der Waals surface area contributed by atoms with E-state index in [1.54, 1.807) is 49.8 Å². The second-order valence-electron chi connectivity index (χ2n) is 6.81. The van der Waals surface area contributed by atoms with Gasteiger partial charge in [-0.2, -0.15) is 0 Å². The van der Waals surface area contributed by atoms with Gasteiger partial charge in [0.2, 0.25) is 5.91 Å². The van der Waals surface area contributed by atoms with Crippen LogP contribution >= 0.6 is 0 Å². The van der Waals surface area contributed by atoms with E-state index in [2.05, 4.69) is 10.3 Å². The van der Waals surface area contributed by atoms with Gasteiger partial charge < -0.3 is 15.0 Å². The average molecular weight is 395 g/mol. The summed E-state index contributed by atoms with van der Waals surface area (Å²) >= 11 is 0. The second kappa shape index (κ2) is 10.8. The number of amides is 2. The first-order chi connectivity index (χ1) is 14.0. The van der Waals surface area contributed by atoms with Crippen LogP contribution in [-0.2, 0) is 22.6 Å². The third kappa shape index (κ3) is 6.07. The number of carbonyl (C=O) groups is 4. The number of rotatable bonds is 10. The Bertz CT molecular complexity index is 868. The summed E-state index contributed by atoms with van der Waals surface area (Å²) in [5.41, 5.74) is 1.95. The van der Waals surface area contributed by atoms with Crippen LogP contribution in [0.1, 0.15) is 51.6 Å². The van der Waals surface area contributed by atoms with Gasteiger partial charge in [0.05, 0.1) is 12.0 Å². The Labute approximate surface area is 170 Å². The molecule has 0 bridgehead atoms. The minimum atomic E-state index is -0.296. The van der Waals surface area contributed by atoms with E-state index in [9.17, 15) is 19.2 Å². The lowest BCUT2D eigenvalue weighted by molar-refractivity contribution is -0.120. The van der Waals surface area contributed by atoms with E-state index in [1.165, 1.54) is 4.90 Å². The number of benzene rings is 1. The molecule has 1 unspecified atom stereocenters. The maximum atomic E-state index is 12.8. The van der Waals surface area contributed by atoms with Crippen molar-refractivity contribution in [3.05, 3.63) is 65.0 Å². The Balaban J connectivity index is 2.10. The highest BCUT2D eigenvalue weighted by molar-refractivity contribution is 6.02. The smallest absolute Gasteiger partial charge is 0.254 e. The number of carbonyl (C=O) groups excluding carboxylic acids is 4. The predicted molar refractivity (Wildman–Crippen MR) is 108 cm³/mol. The van der Waals surface area contributed by atoms with E-state index >= 15 is 0 Å². The molecule has 7 heteroatoms. The average Bonchev–Trinajstić information content (AvgIpc) is 2.75. The molecule has 1 aromatic carbocycles. The lowest BCUT2D eigenvalue weighted by Crippen LogP contribution is -2.36. The fraction of sp³-hybridized carbons (Fsp3) is 0.318. The molecule has 0 aliphatic rings. The Hall–Kier alpha value is -3.35. The summed E-state index contributed by atoms with van der Waals surface area (Å²) in [6.07, 6.45) is 5.82. The molecule has 2 amide bonds. The summed E-state index contributed by atoms with van der Waals surface area (Å²) in [6, 6.07) is 8.37. The number of aldehydes is 2. The summed E-state index contributed by atoms with van der Waals surface area (Å²) in [7, 11) is 1.65. The van der Waals surface area contributed by atoms with Crippen molar-refractivity contribution in [1.82, 2.24) is 15.2 Å². The van der Waals surface area contributed by atoms with Crippen molar-refractivity contribution in [1.29, 1.82) is 0 Å². The standard InChI is InChI=1S/C22H25N3O4/c1-16(5-4-12-26)25(2)22(29)19-7-3-6-18(20(19)15-27)14-24-21(28)13-17-8-10-23-11-9-17/h3,6-12,15-16H,4-5,13-14H2,1-2H3,(H,24,28). The molecule has 152 valence electrons. The van der Waals surface area contributed by atoms with Crippen LogP contribution in [0.2, 0.25) is 0 Å². The number of hydrogen-bond donors (Lipinski definition) is 1. The van der Waals surface area contributed by atoms with Gasteiger partial charge in [-0.25, -0.2) is 0 Å². The molecular formula is C22H25N3O4. The first kappa shape index (κ1) is 21.9. The third-order valence-electron chi connectivity index (χ3n) is 4.82. The lowest BCUT2D eigenvalue weighted by atomic mass is 10.00. The SMILES string of the molecule is CC(CCC=O)N(C)C(=O)c1cccc(CNC(=O)Cc2ccncc2)c1C=O. The van der Waals surface area contributed by atoms with Crippen LogP contribution in [0.4, 0.5) is 0 Å². The second-order valence-corrected chi connectivity index (χ2v) is 6.81. The molecule has 0 fully saturated rings. The number of nitrogens with one attached hydrogen (secondary N) is 1. The first-order valence-electron chi connectivity index (χ1n) is 9.41. The van der Waals surface area contributed by atoms with E-state index in [-0.39, 0.29) is 41.9 Å². The number of aromatic nitrogens is 1. The fourth-order valence-corrected chi connectivity index (χ4v) is 2.93. The van der Waals surface area contributed by atoms with Crippen molar-refractivity contribution in [3.8, 4) is 0 Å². The van der Waals surface area contributed by atoms with Crippen LogP contribution in [-0.4, -0.2) is 47.4 Å². The van der Waals surface area contributed by atoms with Gasteiger partial charge in [-0.15, -0.1) is 0 Å². The Morgan fingerprint density at radius 2 is 1.90 bits per heavy atom. The van der Waals surface area contributed by atoms with E-state index in [0.717, 1.165) is 11.8 Å². The molecule has 1 heterocycles. The first-order valence-corrected chi connectivity index (χ1v) is 9.41. The van der Waals surface area contributed by atoms with Gasteiger partial charge in [-0.05, 0) is 42.7 Å². The van der Waals surface area contributed by atoms with Crippen molar-refractivity contribution in [3.63, 3.8) is 0 Å². The van der Waals surface area contributed by atoms with Gasteiger partial charge in [0.15, 0.2) is 6.29 Å². The number of pyridine rings is 1. The van der Waals surface area contributed by atoms with Crippen LogP contribution in [0.3, 0.4) is 0 Å². The predicted octanol–water partition coefficient (Wildman–Crippen LogP) is 2.19. The molecular weight excluding hydrogens is 370 g/mol. The molecule has 0 radical (unpaired) electrons. The van der Waals surface area contributed by atoms with Crippen molar-refractivity contribution in [2.45, 2.75) is 38.8 Å². The Kier molecular flexibility index (Phi) is 8.21. The summed E-state index contributed by atoms with van der Waals surface area (Å²) in [5.74, 6) is -0.486. The van der Waals surface area contributed by atoms with Gasteiger partial charge in [0.25, 0.3) is 5.91 Å². The van der Waals surface area contributed by atoms with Gasteiger partial charge in [-0.1, -0.05) is 12.1 Å². The molecule has 29 heavy (non-hydrogen) atoms. The van der Waals surface area contributed by atoms with Gasteiger partial charge in [-0.3, -0.25) is 19.4 Å². The zero-order valence-electron chi connectivity index (χ0n) is 16.6. The zero-order valence-corrected chi connectivity index (χ0v) is 16.6. The van der Waals surface area contributed by atoms with Crippen molar-refractivity contribution in [2.24, 2.45) is 0 Å². The molecule has 0 saturated heterocycles. The monoisotopic (exact) mass is 395 g/mol. The molecule has 1 N–H and O–H groups in total. The van der Waals surface area contributed by atoms with Crippen LogP contribution in [0.5, 0.6) is 0 Å². The molecule has 0 aliphatic heterocycles. The molecule has 2 rings (SSSR count). The summed E-state index contributed by atoms with van der Waals surface area (Å²) in [6.45, 7) is 1.99. The molecule has 2 aromatic rings. The minimum Gasteiger partial charge on any atom is -0.352 e.